The lowest BCUT2D eigenvalue weighted by Gasteiger charge is -2.15. The Morgan fingerprint density at radius 2 is 1.82 bits per heavy atom. The molecule has 2 aromatic heterocycles. The predicted molar refractivity (Wildman–Crippen MR) is 85.3 cm³/mol. The summed E-state index contributed by atoms with van der Waals surface area (Å²) in [5, 5.41) is 9.70. The maximum atomic E-state index is 9.70. The molecule has 1 N–H and O–H groups in total. The van der Waals surface area contributed by atoms with Gasteiger partial charge in [-0.1, -0.05) is 30.3 Å². The van der Waals surface area contributed by atoms with Crippen LogP contribution in [-0.2, 0) is 6.42 Å². The molecule has 1 aliphatic heterocycles. The van der Waals surface area contributed by atoms with Gasteiger partial charge in [0.2, 0.25) is 0 Å². The van der Waals surface area contributed by atoms with E-state index < -0.39 is 0 Å². The Morgan fingerprint density at radius 1 is 1.05 bits per heavy atom. The zero-order valence-corrected chi connectivity index (χ0v) is 12.2. The van der Waals surface area contributed by atoms with Crippen LogP contribution in [0.4, 0.5) is 0 Å². The van der Waals surface area contributed by atoms with Crippen LogP contribution in [0.25, 0.3) is 22.5 Å². The van der Waals surface area contributed by atoms with Gasteiger partial charge in [-0.05, 0) is 18.6 Å². The first-order valence-corrected chi connectivity index (χ1v) is 7.56. The minimum Gasteiger partial charge on any atom is -0.394 e. The Hall–Kier alpha value is -2.46. The van der Waals surface area contributed by atoms with E-state index in [1.807, 2.05) is 30.3 Å². The van der Waals surface area contributed by atoms with Gasteiger partial charge in [-0.15, -0.1) is 0 Å². The van der Waals surface area contributed by atoms with Gasteiger partial charge in [0.15, 0.2) is 0 Å². The average Bonchev–Trinajstić information content (AvgIpc) is 3.15. The third-order valence-corrected chi connectivity index (χ3v) is 4.26. The number of hydrogen-bond acceptors (Lipinski definition) is 3. The summed E-state index contributed by atoms with van der Waals surface area (Å²) in [7, 11) is 0. The molecule has 3 aromatic rings. The summed E-state index contributed by atoms with van der Waals surface area (Å²) < 4.78 is 2.21. The van der Waals surface area contributed by atoms with Crippen molar-refractivity contribution in [1.82, 2.24) is 14.5 Å². The van der Waals surface area contributed by atoms with Crippen molar-refractivity contribution in [2.24, 2.45) is 0 Å². The zero-order valence-electron chi connectivity index (χ0n) is 12.2. The van der Waals surface area contributed by atoms with Crippen LogP contribution in [0.2, 0.25) is 0 Å². The van der Waals surface area contributed by atoms with Crippen molar-refractivity contribution >= 4 is 0 Å². The second-order valence-electron chi connectivity index (χ2n) is 5.57. The fraction of sp³-hybridized carbons (Fsp3) is 0.222. The molecule has 0 amide bonds. The SMILES string of the molecule is OCC1CCc2nc(-c3ccccc3)c(-c3ccncc3)n21. The van der Waals surface area contributed by atoms with Crippen molar-refractivity contribution in [2.75, 3.05) is 6.61 Å². The van der Waals surface area contributed by atoms with Gasteiger partial charge in [-0.25, -0.2) is 4.98 Å². The second kappa shape index (κ2) is 5.39. The number of aliphatic hydroxyl groups excluding tert-OH is 1. The van der Waals surface area contributed by atoms with Gasteiger partial charge in [0.1, 0.15) is 5.82 Å². The summed E-state index contributed by atoms with van der Waals surface area (Å²) in [6.07, 6.45) is 5.46. The van der Waals surface area contributed by atoms with Gasteiger partial charge in [-0.2, -0.15) is 0 Å². The number of fused-ring (bicyclic) bond motifs is 1. The number of pyridine rings is 1. The first-order chi connectivity index (χ1) is 10.9. The van der Waals surface area contributed by atoms with Crippen LogP contribution in [0, 0.1) is 0 Å². The van der Waals surface area contributed by atoms with E-state index in [1.165, 1.54) is 0 Å². The minimum absolute atomic E-state index is 0.114. The number of aliphatic hydroxyl groups is 1. The first-order valence-electron chi connectivity index (χ1n) is 7.56. The predicted octanol–water partition coefficient (Wildman–Crippen LogP) is 3.09. The number of rotatable bonds is 3. The van der Waals surface area contributed by atoms with Gasteiger partial charge < -0.3 is 9.67 Å². The molecule has 0 bridgehead atoms. The van der Waals surface area contributed by atoms with Crippen molar-refractivity contribution in [3.63, 3.8) is 0 Å². The third-order valence-electron chi connectivity index (χ3n) is 4.26. The zero-order chi connectivity index (χ0) is 14.9. The molecule has 22 heavy (non-hydrogen) atoms. The number of hydrogen-bond donors (Lipinski definition) is 1. The summed E-state index contributed by atoms with van der Waals surface area (Å²) in [5.41, 5.74) is 4.26. The molecule has 0 spiro atoms. The van der Waals surface area contributed by atoms with Crippen LogP contribution in [0.3, 0.4) is 0 Å². The van der Waals surface area contributed by atoms with Crippen molar-refractivity contribution in [3.8, 4) is 22.5 Å². The minimum atomic E-state index is 0.114. The molecule has 1 aromatic carbocycles. The molecule has 1 unspecified atom stereocenters. The quantitative estimate of drug-likeness (QED) is 0.806. The highest BCUT2D eigenvalue weighted by Gasteiger charge is 2.29. The van der Waals surface area contributed by atoms with Gasteiger partial charge in [0.05, 0.1) is 24.0 Å². The maximum absolute atomic E-state index is 9.70. The Morgan fingerprint density at radius 3 is 2.55 bits per heavy atom. The molecule has 3 heterocycles. The maximum Gasteiger partial charge on any atom is 0.110 e. The lowest BCUT2D eigenvalue weighted by molar-refractivity contribution is 0.234. The molecule has 4 heteroatoms. The number of aromatic nitrogens is 3. The van der Waals surface area contributed by atoms with Crippen molar-refractivity contribution < 1.29 is 5.11 Å². The highest BCUT2D eigenvalue weighted by molar-refractivity contribution is 5.79. The normalized spacial score (nSPS) is 16.7. The Labute approximate surface area is 129 Å². The van der Waals surface area contributed by atoms with Crippen molar-refractivity contribution in [3.05, 3.63) is 60.7 Å². The Kier molecular flexibility index (Phi) is 3.24. The molecule has 0 aliphatic carbocycles. The molecule has 0 saturated heterocycles. The highest BCUT2D eigenvalue weighted by atomic mass is 16.3. The summed E-state index contributed by atoms with van der Waals surface area (Å²) in [6.45, 7) is 0.148. The van der Waals surface area contributed by atoms with Crippen LogP contribution in [0.5, 0.6) is 0 Å². The van der Waals surface area contributed by atoms with E-state index in [1.54, 1.807) is 12.4 Å². The van der Waals surface area contributed by atoms with Gasteiger partial charge in [0.25, 0.3) is 0 Å². The molecule has 1 atom stereocenters. The lowest BCUT2D eigenvalue weighted by Crippen LogP contribution is -2.09. The van der Waals surface area contributed by atoms with Crippen LogP contribution in [0.1, 0.15) is 18.3 Å². The smallest absolute Gasteiger partial charge is 0.110 e. The lowest BCUT2D eigenvalue weighted by atomic mass is 10.0. The fourth-order valence-electron chi connectivity index (χ4n) is 3.23. The van der Waals surface area contributed by atoms with E-state index in [0.29, 0.717) is 0 Å². The van der Waals surface area contributed by atoms with Gasteiger partial charge in [0, 0.05) is 29.9 Å². The van der Waals surface area contributed by atoms with E-state index >= 15 is 0 Å². The van der Waals surface area contributed by atoms with Crippen molar-refractivity contribution in [1.29, 1.82) is 0 Å². The molecular weight excluding hydrogens is 274 g/mol. The standard InChI is InChI=1S/C18H17N3O/c22-12-15-6-7-16-20-17(13-4-2-1-3-5-13)18(21(15)16)14-8-10-19-11-9-14/h1-5,8-11,15,22H,6-7,12H2. The summed E-state index contributed by atoms with van der Waals surface area (Å²) >= 11 is 0. The molecule has 4 rings (SSSR count). The van der Waals surface area contributed by atoms with Crippen LogP contribution in [-0.4, -0.2) is 26.2 Å². The molecule has 0 saturated carbocycles. The molecule has 4 nitrogen and oxygen atoms in total. The van der Waals surface area contributed by atoms with E-state index in [-0.39, 0.29) is 12.6 Å². The Bertz CT molecular complexity index is 781. The first kappa shape index (κ1) is 13.2. The summed E-state index contributed by atoms with van der Waals surface area (Å²) in [4.78, 5) is 8.98. The van der Waals surface area contributed by atoms with E-state index in [9.17, 15) is 5.11 Å². The monoisotopic (exact) mass is 291 g/mol. The molecule has 1 aliphatic rings. The van der Waals surface area contributed by atoms with Crippen molar-refractivity contribution in [2.45, 2.75) is 18.9 Å². The van der Waals surface area contributed by atoms with Crippen LogP contribution < -0.4 is 0 Å². The molecular formula is C18H17N3O. The number of aryl methyl sites for hydroxylation is 1. The highest BCUT2D eigenvalue weighted by Crippen LogP contribution is 2.39. The third kappa shape index (κ3) is 2.04. The second-order valence-corrected chi connectivity index (χ2v) is 5.57. The van der Waals surface area contributed by atoms with Gasteiger partial charge >= 0.3 is 0 Å². The largest absolute Gasteiger partial charge is 0.394 e. The molecule has 0 radical (unpaired) electrons. The van der Waals surface area contributed by atoms with E-state index in [4.69, 9.17) is 4.98 Å². The van der Waals surface area contributed by atoms with Crippen LogP contribution in [0.15, 0.2) is 54.9 Å². The van der Waals surface area contributed by atoms with E-state index in [2.05, 4.69) is 21.7 Å². The van der Waals surface area contributed by atoms with E-state index in [0.717, 1.165) is 41.2 Å². The Balaban J connectivity index is 1.97. The van der Waals surface area contributed by atoms with Crippen LogP contribution >= 0.6 is 0 Å². The number of imidazole rings is 1. The van der Waals surface area contributed by atoms with Gasteiger partial charge in [-0.3, -0.25) is 4.98 Å². The number of benzene rings is 1. The fourth-order valence-corrected chi connectivity index (χ4v) is 3.23. The molecule has 110 valence electrons. The average molecular weight is 291 g/mol. The summed E-state index contributed by atoms with van der Waals surface area (Å²) in [6, 6.07) is 14.3. The summed E-state index contributed by atoms with van der Waals surface area (Å²) in [5.74, 6) is 1.06. The topological polar surface area (TPSA) is 50.9 Å². The molecule has 0 fully saturated rings. The number of nitrogens with zero attached hydrogens (tertiary/aromatic N) is 3.